The van der Waals surface area contributed by atoms with Crippen molar-refractivity contribution < 1.29 is 9.84 Å². The van der Waals surface area contributed by atoms with E-state index in [0.717, 1.165) is 49.0 Å². The van der Waals surface area contributed by atoms with Gasteiger partial charge >= 0.3 is 146 Å². The van der Waals surface area contributed by atoms with Gasteiger partial charge in [0, 0.05) is 0 Å². The predicted octanol–water partition coefficient (Wildman–Crippen LogP) is 0.506. The first-order valence-corrected chi connectivity index (χ1v) is 10.4. The molecule has 0 aliphatic carbocycles. The normalized spacial score (nSPS) is 17.1. The number of anilines is 1. The second kappa shape index (κ2) is 6.59. The van der Waals surface area contributed by atoms with E-state index < -0.39 is 21.4 Å². The van der Waals surface area contributed by atoms with Crippen LogP contribution < -0.4 is 8.48 Å². The maximum atomic E-state index is 9.39. The van der Waals surface area contributed by atoms with E-state index in [1.807, 2.05) is 18.3 Å². The van der Waals surface area contributed by atoms with E-state index in [1.165, 1.54) is 9.14 Å². The second-order valence-corrected chi connectivity index (χ2v) is 8.43. The molecular weight excluding hydrogens is 397 g/mol. The molecule has 0 saturated carbocycles. The van der Waals surface area contributed by atoms with Gasteiger partial charge in [0.1, 0.15) is 0 Å². The van der Waals surface area contributed by atoms with Crippen LogP contribution in [0.4, 0.5) is 5.82 Å². The Bertz CT molecular complexity index is 757. The number of aliphatic hydroxyl groups is 1. The van der Waals surface area contributed by atoms with Gasteiger partial charge in [0.15, 0.2) is 0 Å². The van der Waals surface area contributed by atoms with Crippen LogP contribution in [0.25, 0.3) is 0 Å². The molecule has 0 bridgehead atoms. The van der Waals surface area contributed by atoms with E-state index in [2.05, 4.69) is 28.1 Å². The van der Waals surface area contributed by atoms with Crippen molar-refractivity contribution in [3.05, 3.63) is 53.2 Å². The Morgan fingerprint density at radius 2 is 2.04 bits per heavy atom. The number of fused-ring (bicyclic) bond motifs is 1. The fourth-order valence-corrected chi connectivity index (χ4v) is 5.62. The summed E-state index contributed by atoms with van der Waals surface area (Å²) in [7, 11) is 0. The molecule has 0 spiro atoms. The van der Waals surface area contributed by atoms with Crippen molar-refractivity contribution in [2.24, 2.45) is 3.21 Å². The molecule has 1 fully saturated rings. The number of benzene rings is 1. The van der Waals surface area contributed by atoms with Crippen LogP contribution in [0.5, 0.6) is 0 Å². The molecule has 5 nitrogen and oxygen atoms in total. The molecule has 116 valence electrons. The van der Waals surface area contributed by atoms with Crippen molar-refractivity contribution in [1.82, 2.24) is 4.98 Å². The van der Waals surface area contributed by atoms with Crippen LogP contribution in [0.1, 0.15) is 16.7 Å². The molecule has 4 rings (SSSR count). The van der Waals surface area contributed by atoms with Crippen LogP contribution in [0.15, 0.2) is 39.7 Å². The van der Waals surface area contributed by atoms with Crippen LogP contribution in [-0.2, 0) is 11.3 Å². The summed E-state index contributed by atoms with van der Waals surface area (Å²) in [5.74, 6) is 0.991. The Hall–Kier alpha value is -1.44. The van der Waals surface area contributed by atoms with Crippen molar-refractivity contribution >= 4 is 36.5 Å². The van der Waals surface area contributed by atoms with Gasteiger partial charge in [0.25, 0.3) is 0 Å². The van der Waals surface area contributed by atoms with E-state index >= 15 is 0 Å². The average molecular weight is 414 g/mol. The van der Waals surface area contributed by atoms with Gasteiger partial charge in [-0.2, -0.15) is 0 Å². The molecule has 1 saturated heterocycles. The van der Waals surface area contributed by atoms with Crippen LogP contribution in [-0.4, -0.2) is 63.5 Å². The van der Waals surface area contributed by atoms with E-state index in [0.29, 0.717) is 0 Å². The Morgan fingerprint density at radius 1 is 1.17 bits per heavy atom. The first-order valence-electron chi connectivity index (χ1n) is 7.72. The third-order valence-corrected chi connectivity index (χ3v) is 7.05. The van der Waals surface area contributed by atoms with Crippen molar-refractivity contribution in [3.8, 4) is 0 Å². The Morgan fingerprint density at radius 3 is 2.87 bits per heavy atom. The van der Waals surface area contributed by atoms with Crippen molar-refractivity contribution in [2.75, 3.05) is 31.2 Å². The summed E-state index contributed by atoms with van der Waals surface area (Å²) >= 11 is -0.899. The molecule has 0 unspecified atom stereocenters. The molecule has 1 aromatic carbocycles. The molecule has 1 N–H and O–H groups in total. The molecule has 2 aromatic rings. The summed E-state index contributed by atoms with van der Waals surface area (Å²) in [5.41, 5.74) is 4.33. The fraction of sp³-hybridized carbons (Fsp3) is 0.294. The number of aromatic nitrogens is 1. The fourth-order valence-electron chi connectivity index (χ4n) is 2.91. The predicted molar refractivity (Wildman–Crippen MR) is 90.7 cm³/mol. The number of morpholine rings is 1. The number of hydrogen-bond donors (Lipinski definition) is 1. The van der Waals surface area contributed by atoms with E-state index in [1.54, 1.807) is 0 Å². The van der Waals surface area contributed by atoms with Gasteiger partial charge in [-0.25, -0.2) is 0 Å². The molecule has 0 atom stereocenters. The third-order valence-electron chi connectivity index (χ3n) is 4.16. The molecular formula is C17H17N3O2Sn. The third kappa shape index (κ3) is 3.00. The van der Waals surface area contributed by atoms with Gasteiger partial charge in [-0.3, -0.25) is 0 Å². The summed E-state index contributed by atoms with van der Waals surface area (Å²) in [5, 5.41) is 9.39. The summed E-state index contributed by atoms with van der Waals surface area (Å²) < 4.78 is 11.7. The topological polar surface area (TPSA) is 58.0 Å². The molecule has 3 heterocycles. The van der Waals surface area contributed by atoms with E-state index in [-0.39, 0.29) is 6.61 Å². The number of nitrogens with zero attached hydrogens (tertiary/aromatic N) is 3. The minimum atomic E-state index is -0.899. The standard InChI is InChI=1S/C17H17N3O2.Sn/c18-17(14-3-1-2-13(10-14)12-21)15-4-5-19-16(11-15)20-6-8-22-9-7-20;/h1-2,4-5,10-11,21H,6-9,12H2;/q-1;+1. The van der Waals surface area contributed by atoms with Gasteiger partial charge in [-0.15, -0.1) is 0 Å². The van der Waals surface area contributed by atoms with Crippen molar-refractivity contribution in [2.45, 2.75) is 6.61 Å². The Kier molecular flexibility index (Phi) is 4.33. The first-order chi connectivity index (χ1) is 11.3. The van der Waals surface area contributed by atoms with Gasteiger partial charge < -0.3 is 0 Å². The first kappa shape index (κ1) is 15.1. The van der Waals surface area contributed by atoms with Crippen LogP contribution in [0.2, 0.25) is 0 Å². The van der Waals surface area contributed by atoms with E-state index in [9.17, 15) is 5.11 Å². The zero-order chi connectivity index (χ0) is 15.6. The summed E-state index contributed by atoms with van der Waals surface area (Å²) in [6, 6.07) is 10.4. The number of rotatable bonds is 3. The van der Waals surface area contributed by atoms with Crippen LogP contribution in [0.3, 0.4) is 0 Å². The monoisotopic (exact) mass is 415 g/mol. The summed E-state index contributed by atoms with van der Waals surface area (Å²) in [6.07, 6.45) is 1.86. The van der Waals surface area contributed by atoms with Gasteiger partial charge in [0.2, 0.25) is 0 Å². The SMILES string of the molecule is OCc1cc[c]2c(c1)C(c1ccnc(N3CCOCC3)c1)=[N][Sn]2. The quantitative estimate of drug-likeness (QED) is 0.745. The molecule has 6 heteroatoms. The van der Waals surface area contributed by atoms with Gasteiger partial charge in [0.05, 0.1) is 0 Å². The molecule has 0 amide bonds. The van der Waals surface area contributed by atoms with Crippen molar-refractivity contribution in [1.29, 1.82) is 0 Å². The summed E-state index contributed by atoms with van der Waals surface area (Å²) in [6.45, 7) is 3.34. The molecule has 2 radical (unpaired) electrons. The molecule has 1 aromatic heterocycles. The number of ether oxygens (including phenoxy) is 1. The van der Waals surface area contributed by atoms with Gasteiger partial charge in [-0.1, -0.05) is 0 Å². The number of aliphatic hydroxyl groups excluding tert-OH is 1. The zero-order valence-corrected chi connectivity index (χ0v) is 15.6. The van der Waals surface area contributed by atoms with Gasteiger partial charge in [-0.05, 0) is 0 Å². The van der Waals surface area contributed by atoms with Crippen LogP contribution in [0, 0.1) is 0 Å². The zero-order valence-electron chi connectivity index (χ0n) is 12.7. The number of pyridine rings is 1. The van der Waals surface area contributed by atoms with E-state index in [4.69, 9.17) is 7.95 Å². The molecule has 2 aliphatic rings. The second-order valence-electron chi connectivity index (χ2n) is 5.61. The molecule has 2 aliphatic heterocycles. The van der Waals surface area contributed by atoms with Crippen LogP contribution >= 0.6 is 0 Å². The Balaban J connectivity index is 1.67. The summed E-state index contributed by atoms with van der Waals surface area (Å²) in [4.78, 5) is 6.77. The average Bonchev–Trinajstić information content (AvgIpc) is 3.05. The minimum absolute atomic E-state index is 0.0704. The number of hydrogen-bond acceptors (Lipinski definition) is 5. The molecule has 23 heavy (non-hydrogen) atoms. The van der Waals surface area contributed by atoms with Crippen molar-refractivity contribution in [3.63, 3.8) is 0 Å². The Labute approximate surface area is 145 Å². The maximum absolute atomic E-state index is 9.39.